The molecule has 3 rings (SSSR count). The summed E-state index contributed by atoms with van der Waals surface area (Å²) < 4.78 is 2.62. The van der Waals surface area contributed by atoms with Crippen LogP contribution in [-0.2, 0) is 0 Å². The molecule has 2 heterocycles. The summed E-state index contributed by atoms with van der Waals surface area (Å²) >= 11 is 1.51. The Labute approximate surface area is 113 Å². The zero-order chi connectivity index (χ0) is 13.6. The Morgan fingerprint density at radius 1 is 1.37 bits per heavy atom. The Hall–Kier alpha value is -2.39. The number of aryl methyl sites for hydroxylation is 2. The van der Waals surface area contributed by atoms with Gasteiger partial charge in [-0.2, -0.15) is 15.0 Å². The van der Waals surface area contributed by atoms with E-state index in [1.807, 2.05) is 25.1 Å². The third-order valence-electron chi connectivity index (χ3n) is 3.00. The number of fused-ring (bicyclic) bond motifs is 1. The van der Waals surface area contributed by atoms with Crippen LogP contribution in [-0.4, -0.2) is 14.8 Å². The molecule has 0 radical (unpaired) electrons. The molecule has 0 aliphatic carbocycles. The van der Waals surface area contributed by atoms with Gasteiger partial charge in [0.05, 0.1) is 15.9 Å². The van der Waals surface area contributed by atoms with Crippen molar-refractivity contribution in [2.45, 2.75) is 13.8 Å². The van der Waals surface area contributed by atoms with Crippen LogP contribution in [0.5, 0.6) is 0 Å². The average Bonchev–Trinajstić information content (AvgIpc) is 2.92. The van der Waals surface area contributed by atoms with Crippen LogP contribution in [0.25, 0.3) is 15.3 Å². The third kappa shape index (κ3) is 1.67. The maximum atomic E-state index is 9.04. The number of hydrogen-bond donors (Lipinski definition) is 1. The van der Waals surface area contributed by atoms with Crippen molar-refractivity contribution in [2.24, 2.45) is 0 Å². The quantitative estimate of drug-likeness (QED) is 0.736. The maximum Gasteiger partial charge on any atom is 0.213 e. The number of nitriles is 1. The van der Waals surface area contributed by atoms with Crippen LogP contribution < -0.4 is 5.73 Å². The van der Waals surface area contributed by atoms with Crippen molar-refractivity contribution in [3.63, 3.8) is 0 Å². The van der Waals surface area contributed by atoms with Gasteiger partial charge >= 0.3 is 0 Å². The standard InChI is InChI=1S/C13H11N5S/c1-7-4-3-5-10-11(7)16-13(19-10)18-12(15)9(6-14)8(2)17-18/h3-5H,15H2,1-2H3. The molecule has 2 aromatic heterocycles. The van der Waals surface area contributed by atoms with Gasteiger partial charge in [0, 0.05) is 0 Å². The molecule has 0 amide bonds. The number of hydrogen-bond acceptors (Lipinski definition) is 5. The van der Waals surface area contributed by atoms with Gasteiger partial charge in [0.15, 0.2) is 0 Å². The first kappa shape index (κ1) is 11.7. The number of nitrogens with two attached hydrogens (primary N) is 1. The summed E-state index contributed by atoms with van der Waals surface area (Å²) in [5, 5.41) is 14.0. The molecule has 0 saturated carbocycles. The molecular weight excluding hydrogens is 258 g/mol. The Bertz CT molecular complexity index is 822. The van der Waals surface area contributed by atoms with Gasteiger partial charge in [0.2, 0.25) is 5.13 Å². The molecule has 0 bridgehead atoms. The van der Waals surface area contributed by atoms with Crippen molar-refractivity contribution in [2.75, 3.05) is 5.73 Å². The minimum absolute atomic E-state index is 0.344. The molecule has 0 unspecified atom stereocenters. The third-order valence-corrected chi connectivity index (χ3v) is 3.99. The first-order valence-corrected chi connectivity index (χ1v) is 6.55. The fourth-order valence-electron chi connectivity index (χ4n) is 1.99. The van der Waals surface area contributed by atoms with Gasteiger partial charge in [0.1, 0.15) is 17.5 Å². The molecule has 3 aromatic rings. The lowest BCUT2D eigenvalue weighted by Gasteiger charge is -1.97. The second-order valence-electron chi connectivity index (χ2n) is 4.29. The van der Waals surface area contributed by atoms with E-state index in [0.29, 0.717) is 22.2 Å². The maximum absolute atomic E-state index is 9.04. The fraction of sp³-hybridized carbons (Fsp3) is 0.154. The van der Waals surface area contributed by atoms with E-state index < -0.39 is 0 Å². The molecule has 2 N–H and O–H groups in total. The lowest BCUT2D eigenvalue weighted by Crippen LogP contribution is -2.01. The Balaban J connectivity index is 2.26. The topological polar surface area (TPSA) is 80.5 Å². The van der Waals surface area contributed by atoms with E-state index in [1.165, 1.54) is 16.0 Å². The zero-order valence-corrected chi connectivity index (χ0v) is 11.3. The van der Waals surface area contributed by atoms with Crippen molar-refractivity contribution < 1.29 is 0 Å². The molecule has 0 spiro atoms. The van der Waals surface area contributed by atoms with Gasteiger partial charge < -0.3 is 5.73 Å². The molecule has 1 aromatic carbocycles. The molecule has 0 atom stereocenters. The normalized spacial score (nSPS) is 10.8. The monoisotopic (exact) mass is 269 g/mol. The molecule has 94 valence electrons. The Kier molecular flexibility index (Phi) is 2.50. The SMILES string of the molecule is Cc1nn(-c2nc3c(C)cccc3s2)c(N)c1C#N. The van der Waals surface area contributed by atoms with Gasteiger partial charge in [-0.3, -0.25) is 0 Å². The van der Waals surface area contributed by atoms with Crippen LogP contribution in [0, 0.1) is 25.2 Å². The highest BCUT2D eigenvalue weighted by atomic mass is 32.1. The van der Waals surface area contributed by atoms with Crippen LogP contribution in [0.4, 0.5) is 5.82 Å². The first-order valence-electron chi connectivity index (χ1n) is 5.73. The highest BCUT2D eigenvalue weighted by Gasteiger charge is 2.16. The lowest BCUT2D eigenvalue weighted by atomic mass is 10.2. The number of rotatable bonds is 1. The summed E-state index contributed by atoms with van der Waals surface area (Å²) in [5.41, 5.74) is 9.05. The first-order chi connectivity index (χ1) is 9.11. The second kappa shape index (κ2) is 4.07. The Morgan fingerprint density at radius 2 is 2.16 bits per heavy atom. The Morgan fingerprint density at radius 3 is 2.79 bits per heavy atom. The van der Waals surface area contributed by atoms with Crippen LogP contribution in [0.1, 0.15) is 16.8 Å². The van der Waals surface area contributed by atoms with E-state index in [-0.39, 0.29) is 0 Å². The number of nitrogen functional groups attached to an aromatic ring is 1. The zero-order valence-electron chi connectivity index (χ0n) is 10.5. The average molecular weight is 269 g/mol. The fourth-order valence-corrected chi connectivity index (χ4v) is 3.00. The van der Waals surface area contributed by atoms with Crippen molar-refractivity contribution >= 4 is 27.4 Å². The van der Waals surface area contributed by atoms with Crippen LogP contribution in [0.15, 0.2) is 18.2 Å². The van der Waals surface area contributed by atoms with Crippen LogP contribution in [0.2, 0.25) is 0 Å². The van der Waals surface area contributed by atoms with E-state index in [2.05, 4.69) is 16.2 Å². The van der Waals surface area contributed by atoms with E-state index in [1.54, 1.807) is 6.92 Å². The summed E-state index contributed by atoms with van der Waals surface area (Å²) in [6.45, 7) is 3.79. The van der Waals surface area contributed by atoms with Crippen LogP contribution >= 0.6 is 11.3 Å². The predicted octanol–water partition coefficient (Wildman–Crippen LogP) is 2.55. The highest BCUT2D eigenvalue weighted by Crippen LogP contribution is 2.29. The van der Waals surface area contributed by atoms with Crippen molar-refractivity contribution in [1.82, 2.24) is 14.8 Å². The number of nitrogens with zero attached hydrogens (tertiary/aromatic N) is 4. The van der Waals surface area contributed by atoms with E-state index in [0.717, 1.165) is 15.8 Å². The van der Waals surface area contributed by atoms with Gasteiger partial charge in [-0.1, -0.05) is 23.5 Å². The number of anilines is 1. The molecule has 0 fully saturated rings. The van der Waals surface area contributed by atoms with Crippen molar-refractivity contribution in [3.8, 4) is 11.2 Å². The van der Waals surface area contributed by atoms with Gasteiger partial charge in [-0.15, -0.1) is 0 Å². The van der Waals surface area contributed by atoms with Gasteiger partial charge in [-0.05, 0) is 25.5 Å². The minimum Gasteiger partial charge on any atom is -0.382 e. The van der Waals surface area contributed by atoms with E-state index in [9.17, 15) is 0 Å². The second-order valence-corrected chi connectivity index (χ2v) is 5.30. The minimum atomic E-state index is 0.344. The van der Waals surface area contributed by atoms with Crippen molar-refractivity contribution in [3.05, 3.63) is 35.0 Å². The summed E-state index contributed by atoms with van der Waals surface area (Å²) in [4.78, 5) is 4.56. The predicted molar refractivity (Wildman–Crippen MR) is 75.3 cm³/mol. The number of benzene rings is 1. The molecule has 6 heteroatoms. The molecule has 19 heavy (non-hydrogen) atoms. The molecular formula is C13H11N5S. The number of para-hydroxylation sites is 1. The summed E-state index contributed by atoms with van der Waals surface area (Å²) in [5.74, 6) is 0.344. The smallest absolute Gasteiger partial charge is 0.213 e. The van der Waals surface area contributed by atoms with E-state index in [4.69, 9.17) is 11.0 Å². The number of aromatic nitrogens is 3. The number of thiazole rings is 1. The molecule has 0 saturated heterocycles. The largest absolute Gasteiger partial charge is 0.382 e. The summed E-state index contributed by atoms with van der Waals surface area (Å²) in [6.07, 6.45) is 0. The van der Waals surface area contributed by atoms with E-state index >= 15 is 0 Å². The summed E-state index contributed by atoms with van der Waals surface area (Å²) in [6, 6.07) is 8.10. The molecule has 0 aliphatic rings. The van der Waals surface area contributed by atoms with Crippen LogP contribution in [0.3, 0.4) is 0 Å². The van der Waals surface area contributed by atoms with Gasteiger partial charge in [-0.25, -0.2) is 4.98 Å². The molecule has 0 aliphatic heterocycles. The highest BCUT2D eigenvalue weighted by molar-refractivity contribution is 7.20. The summed E-state index contributed by atoms with van der Waals surface area (Å²) in [7, 11) is 0. The van der Waals surface area contributed by atoms with Crippen molar-refractivity contribution in [1.29, 1.82) is 5.26 Å². The lowest BCUT2D eigenvalue weighted by molar-refractivity contribution is 0.865. The molecule has 5 nitrogen and oxygen atoms in total. The van der Waals surface area contributed by atoms with Gasteiger partial charge in [0.25, 0.3) is 0 Å².